The van der Waals surface area contributed by atoms with Gasteiger partial charge in [-0.15, -0.1) is 0 Å². The van der Waals surface area contributed by atoms with Crippen LogP contribution in [0.5, 0.6) is 0 Å². The fraction of sp³-hybridized carbons (Fsp3) is 0.500. The van der Waals surface area contributed by atoms with Crippen molar-refractivity contribution in [3.8, 4) is 0 Å². The van der Waals surface area contributed by atoms with Gasteiger partial charge in [0.2, 0.25) is 0 Å². The van der Waals surface area contributed by atoms with E-state index < -0.39 is 0 Å². The Labute approximate surface area is 97.6 Å². The minimum atomic E-state index is -0.221. The second-order valence-electron chi connectivity index (χ2n) is 3.91. The molecular weight excluding hydrogens is 258 g/mol. The molecule has 0 bridgehead atoms. The summed E-state index contributed by atoms with van der Waals surface area (Å²) in [4.78, 5) is 19.5. The third kappa shape index (κ3) is 3.27. The molecule has 0 saturated carbocycles. The average molecular weight is 272 g/mol. The monoisotopic (exact) mass is 271 g/mol. The number of nitrogens with zero attached hydrogens (tertiary/aromatic N) is 2. The van der Waals surface area contributed by atoms with Gasteiger partial charge in [0.15, 0.2) is 0 Å². The van der Waals surface area contributed by atoms with Crippen LogP contribution in [-0.4, -0.2) is 21.4 Å². The van der Waals surface area contributed by atoms with Gasteiger partial charge in [0, 0.05) is 11.7 Å². The molecule has 0 aliphatic rings. The van der Waals surface area contributed by atoms with Crippen molar-refractivity contribution < 1.29 is 4.79 Å². The van der Waals surface area contributed by atoms with Gasteiger partial charge in [-0.2, -0.15) is 0 Å². The zero-order valence-corrected chi connectivity index (χ0v) is 10.6. The van der Waals surface area contributed by atoms with Gasteiger partial charge in [-0.05, 0) is 36.2 Å². The zero-order chi connectivity index (χ0) is 11.5. The molecule has 0 aliphatic carbocycles. The highest BCUT2D eigenvalue weighted by Gasteiger charge is 2.20. The predicted octanol–water partition coefficient (Wildman–Crippen LogP) is 2.16. The second kappa shape index (κ2) is 4.70. The third-order valence-corrected chi connectivity index (χ3v) is 2.80. The molecule has 1 N–H and O–H groups in total. The molecule has 4 nitrogen and oxygen atoms in total. The Hall–Kier alpha value is -0.970. The number of rotatable bonds is 3. The fourth-order valence-corrected chi connectivity index (χ4v) is 1.34. The molecule has 0 atom stereocenters. The first-order valence-electron chi connectivity index (χ1n) is 4.74. The number of nitrogens with one attached hydrogen (secondary N) is 1. The van der Waals surface area contributed by atoms with Crippen LogP contribution in [0.1, 0.15) is 37.7 Å². The zero-order valence-electron chi connectivity index (χ0n) is 9.04. The standard InChI is InChI=1S/C10H14BrN3O/c1-4-10(2,3)14-9(15)8-7(11)5-12-6-13-8/h5-6H,4H2,1-3H3,(H,14,15). The lowest BCUT2D eigenvalue weighted by atomic mass is 10.0. The van der Waals surface area contributed by atoms with Crippen molar-refractivity contribution in [3.63, 3.8) is 0 Å². The van der Waals surface area contributed by atoms with E-state index in [0.717, 1.165) is 6.42 Å². The highest BCUT2D eigenvalue weighted by molar-refractivity contribution is 9.10. The van der Waals surface area contributed by atoms with Gasteiger partial charge in [-0.1, -0.05) is 6.92 Å². The van der Waals surface area contributed by atoms with Crippen molar-refractivity contribution >= 4 is 21.8 Å². The van der Waals surface area contributed by atoms with Crippen molar-refractivity contribution in [1.82, 2.24) is 15.3 Å². The summed E-state index contributed by atoms with van der Waals surface area (Å²) in [6.45, 7) is 5.97. The lowest BCUT2D eigenvalue weighted by molar-refractivity contribution is 0.0905. The second-order valence-corrected chi connectivity index (χ2v) is 4.77. The van der Waals surface area contributed by atoms with Crippen molar-refractivity contribution in [1.29, 1.82) is 0 Å². The molecule has 0 unspecified atom stereocenters. The summed E-state index contributed by atoms with van der Waals surface area (Å²) in [5.41, 5.74) is 0.146. The first kappa shape index (κ1) is 12.1. The summed E-state index contributed by atoms with van der Waals surface area (Å²) in [6.07, 6.45) is 3.78. The lowest BCUT2D eigenvalue weighted by Gasteiger charge is -2.24. The van der Waals surface area contributed by atoms with Crippen LogP contribution in [0.25, 0.3) is 0 Å². The van der Waals surface area contributed by atoms with E-state index in [4.69, 9.17) is 0 Å². The van der Waals surface area contributed by atoms with Crippen LogP contribution in [0.4, 0.5) is 0 Å². The minimum absolute atomic E-state index is 0.184. The van der Waals surface area contributed by atoms with E-state index in [1.165, 1.54) is 6.33 Å². The smallest absolute Gasteiger partial charge is 0.271 e. The maximum Gasteiger partial charge on any atom is 0.271 e. The lowest BCUT2D eigenvalue weighted by Crippen LogP contribution is -2.43. The van der Waals surface area contributed by atoms with E-state index in [0.29, 0.717) is 10.2 Å². The maximum absolute atomic E-state index is 11.8. The molecule has 0 fully saturated rings. The Bertz CT molecular complexity index is 365. The Balaban J connectivity index is 2.83. The SMILES string of the molecule is CCC(C)(C)NC(=O)c1ncncc1Br. The van der Waals surface area contributed by atoms with Gasteiger partial charge in [-0.3, -0.25) is 4.79 Å². The molecule has 1 aromatic rings. The molecule has 0 saturated heterocycles. The number of halogens is 1. The van der Waals surface area contributed by atoms with Crippen LogP contribution in [0, 0.1) is 0 Å². The number of hydrogen-bond donors (Lipinski definition) is 1. The van der Waals surface area contributed by atoms with Gasteiger partial charge in [0.1, 0.15) is 12.0 Å². The van der Waals surface area contributed by atoms with Crippen molar-refractivity contribution in [2.75, 3.05) is 0 Å². The van der Waals surface area contributed by atoms with Crippen LogP contribution < -0.4 is 5.32 Å². The molecule has 1 heterocycles. The van der Waals surface area contributed by atoms with Crippen molar-refractivity contribution in [2.45, 2.75) is 32.7 Å². The number of hydrogen-bond acceptors (Lipinski definition) is 3. The first-order valence-corrected chi connectivity index (χ1v) is 5.53. The summed E-state index contributed by atoms with van der Waals surface area (Å²) in [7, 11) is 0. The summed E-state index contributed by atoms with van der Waals surface area (Å²) in [5, 5.41) is 2.90. The number of amides is 1. The topological polar surface area (TPSA) is 54.9 Å². The van der Waals surface area contributed by atoms with Gasteiger partial charge in [-0.25, -0.2) is 9.97 Å². The number of carbonyl (C=O) groups is 1. The highest BCUT2D eigenvalue weighted by atomic mass is 79.9. The number of aromatic nitrogens is 2. The summed E-state index contributed by atoms with van der Waals surface area (Å²) < 4.78 is 0.606. The molecular formula is C10H14BrN3O. The van der Waals surface area contributed by atoms with E-state index in [2.05, 4.69) is 31.2 Å². The van der Waals surface area contributed by atoms with Crippen LogP contribution >= 0.6 is 15.9 Å². The van der Waals surface area contributed by atoms with Gasteiger partial charge in [0.05, 0.1) is 4.47 Å². The third-order valence-electron chi connectivity index (χ3n) is 2.22. The molecule has 0 aliphatic heterocycles. The fourth-order valence-electron chi connectivity index (χ4n) is 0.935. The van der Waals surface area contributed by atoms with Gasteiger partial charge >= 0.3 is 0 Å². The van der Waals surface area contributed by atoms with E-state index in [9.17, 15) is 4.79 Å². The van der Waals surface area contributed by atoms with Crippen LogP contribution in [0.2, 0.25) is 0 Å². The normalized spacial score (nSPS) is 11.2. The molecule has 1 aromatic heterocycles. The van der Waals surface area contributed by atoms with E-state index in [-0.39, 0.29) is 11.4 Å². The quantitative estimate of drug-likeness (QED) is 0.917. The highest BCUT2D eigenvalue weighted by Crippen LogP contribution is 2.14. The maximum atomic E-state index is 11.8. The molecule has 82 valence electrons. The van der Waals surface area contributed by atoms with Crippen molar-refractivity contribution in [3.05, 3.63) is 22.7 Å². The minimum Gasteiger partial charge on any atom is -0.346 e. The summed E-state index contributed by atoms with van der Waals surface area (Å²) in [5.74, 6) is -0.184. The van der Waals surface area contributed by atoms with Gasteiger partial charge in [0.25, 0.3) is 5.91 Å². The predicted molar refractivity (Wildman–Crippen MR) is 61.6 cm³/mol. The van der Waals surface area contributed by atoms with Gasteiger partial charge < -0.3 is 5.32 Å². The van der Waals surface area contributed by atoms with E-state index >= 15 is 0 Å². The van der Waals surface area contributed by atoms with Crippen LogP contribution in [0.15, 0.2) is 17.0 Å². The summed E-state index contributed by atoms with van der Waals surface area (Å²) >= 11 is 3.24. The molecule has 0 aromatic carbocycles. The Morgan fingerprint density at radius 1 is 1.60 bits per heavy atom. The molecule has 0 spiro atoms. The summed E-state index contributed by atoms with van der Waals surface area (Å²) in [6, 6.07) is 0. The Kier molecular flexibility index (Phi) is 3.79. The van der Waals surface area contributed by atoms with Crippen LogP contribution in [-0.2, 0) is 0 Å². The molecule has 0 radical (unpaired) electrons. The average Bonchev–Trinajstić information content (AvgIpc) is 2.17. The van der Waals surface area contributed by atoms with Crippen LogP contribution in [0.3, 0.4) is 0 Å². The number of carbonyl (C=O) groups excluding carboxylic acids is 1. The molecule has 5 heteroatoms. The largest absolute Gasteiger partial charge is 0.346 e. The first-order chi connectivity index (χ1) is 6.96. The Morgan fingerprint density at radius 3 is 2.80 bits per heavy atom. The molecule has 1 amide bonds. The van der Waals surface area contributed by atoms with E-state index in [1.54, 1.807) is 6.20 Å². The van der Waals surface area contributed by atoms with E-state index in [1.807, 2.05) is 20.8 Å². The molecule has 15 heavy (non-hydrogen) atoms. The molecule has 1 rings (SSSR count). The Morgan fingerprint density at radius 2 is 2.27 bits per heavy atom. The van der Waals surface area contributed by atoms with Crippen molar-refractivity contribution in [2.24, 2.45) is 0 Å².